The summed E-state index contributed by atoms with van der Waals surface area (Å²) in [6.45, 7) is 5.25. The van der Waals surface area contributed by atoms with E-state index in [4.69, 9.17) is 4.74 Å². The van der Waals surface area contributed by atoms with Crippen molar-refractivity contribution in [3.05, 3.63) is 24.0 Å². The lowest BCUT2D eigenvalue weighted by Crippen LogP contribution is -2.51. The quantitative estimate of drug-likeness (QED) is 0.770. The van der Waals surface area contributed by atoms with Crippen molar-refractivity contribution in [1.29, 1.82) is 0 Å². The third-order valence-electron chi connectivity index (χ3n) is 3.35. The highest BCUT2D eigenvalue weighted by Gasteiger charge is 2.30. The molecule has 1 fully saturated rings. The average Bonchev–Trinajstić information content (AvgIpc) is 2.45. The summed E-state index contributed by atoms with van der Waals surface area (Å²) in [5.41, 5.74) is 0.133. The van der Waals surface area contributed by atoms with Gasteiger partial charge in [0.25, 0.3) is 5.91 Å². The summed E-state index contributed by atoms with van der Waals surface area (Å²) in [6.07, 6.45) is 2.31. The van der Waals surface area contributed by atoms with Gasteiger partial charge in [0.2, 0.25) is 0 Å². The van der Waals surface area contributed by atoms with Gasteiger partial charge in [0.1, 0.15) is 0 Å². The zero-order chi connectivity index (χ0) is 16.3. The van der Waals surface area contributed by atoms with Gasteiger partial charge < -0.3 is 13.8 Å². The number of rotatable bonds is 4. The molecule has 0 aromatic carbocycles. The number of hydrogen-bond acceptors (Lipinski definition) is 6. The Morgan fingerprint density at radius 2 is 2.23 bits per heavy atom. The third kappa shape index (κ3) is 4.14. The van der Waals surface area contributed by atoms with E-state index in [1.807, 2.05) is 13.8 Å². The van der Waals surface area contributed by atoms with Gasteiger partial charge in [-0.2, -0.15) is 8.42 Å². The highest BCUT2D eigenvalue weighted by molar-refractivity contribution is 7.81. The molecule has 1 saturated heterocycles. The first-order valence-corrected chi connectivity index (χ1v) is 8.06. The molecule has 1 aromatic rings. The van der Waals surface area contributed by atoms with Crippen LogP contribution in [0.25, 0.3) is 0 Å². The standard InChI is InChI=1S/C13H17FN2O5S/c1-9(2)12-8-20-4-3-16(12)13(17)10-5-11(7-15-6-10)21-22(14,18)19/h5-7,9,12H,3-4,8H2,1-2H3/t12-/m0/s1. The van der Waals surface area contributed by atoms with Crippen LogP contribution in [-0.2, 0) is 15.2 Å². The highest BCUT2D eigenvalue weighted by Crippen LogP contribution is 2.20. The minimum Gasteiger partial charge on any atom is -0.377 e. The molecule has 2 heterocycles. The van der Waals surface area contributed by atoms with Crippen molar-refractivity contribution in [2.75, 3.05) is 19.8 Å². The number of morpholine rings is 1. The molecule has 0 unspecified atom stereocenters. The molecule has 22 heavy (non-hydrogen) atoms. The van der Waals surface area contributed by atoms with E-state index in [0.717, 1.165) is 12.3 Å². The minimum absolute atomic E-state index is 0.0873. The molecule has 1 aliphatic rings. The van der Waals surface area contributed by atoms with Crippen LogP contribution in [0, 0.1) is 5.92 Å². The summed E-state index contributed by atoms with van der Waals surface area (Å²) < 4.78 is 43.0. The van der Waals surface area contributed by atoms with Crippen molar-refractivity contribution in [2.24, 2.45) is 5.92 Å². The SMILES string of the molecule is CC(C)[C@@H]1COCCN1C(=O)c1cncc(OS(=O)(=O)F)c1. The molecule has 1 aromatic heterocycles. The molecule has 0 spiro atoms. The molecule has 0 N–H and O–H groups in total. The van der Waals surface area contributed by atoms with Crippen LogP contribution >= 0.6 is 0 Å². The van der Waals surface area contributed by atoms with Crippen LogP contribution in [0.3, 0.4) is 0 Å². The summed E-state index contributed by atoms with van der Waals surface area (Å²) in [5, 5.41) is 0. The summed E-state index contributed by atoms with van der Waals surface area (Å²) in [5.74, 6) is -0.471. The smallest absolute Gasteiger partial charge is 0.377 e. The third-order valence-corrected chi connectivity index (χ3v) is 3.74. The van der Waals surface area contributed by atoms with Gasteiger partial charge in [-0.25, -0.2) is 0 Å². The van der Waals surface area contributed by atoms with E-state index >= 15 is 0 Å². The van der Waals surface area contributed by atoms with Gasteiger partial charge in [-0.05, 0) is 12.0 Å². The van der Waals surface area contributed by atoms with Crippen LogP contribution in [0.2, 0.25) is 0 Å². The Kier molecular flexibility index (Phi) is 4.97. The fourth-order valence-corrected chi connectivity index (χ4v) is 2.61. The summed E-state index contributed by atoms with van der Waals surface area (Å²) in [7, 11) is -5.15. The minimum atomic E-state index is -5.15. The number of nitrogens with zero attached hydrogens (tertiary/aromatic N) is 2. The Morgan fingerprint density at radius 1 is 1.50 bits per heavy atom. The van der Waals surface area contributed by atoms with Crippen molar-refractivity contribution in [1.82, 2.24) is 9.88 Å². The predicted molar refractivity (Wildman–Crippen MR) is 75.4 cm³/mol. The van der Waals surface area contributed by atoms with Crippen molar-refractivity contribution >= 4 is 16.4 Å². The lowest BCUT2D eigenvalue weighted by atomic mass is 10.0. The van der Waals surface area contributed by atoms with E-state index in [2.05, 4.69) is 9.17 Å². The normalized spacial score (nSPS) is 19.3. The average molecular weight is 332 g/mol. The number of halogens is 1. The molecule has 7 nitrogen and oxygen atoms in total. The van der Waals surface area contributed by atoms with Crippen molar-refractivity contribution in [3.8, 4) is 5.75 Å². The van der Waals surface area contributed by atoms with Crippen LogP contribution in [0.5, 0.6) is 5.75 Å². The van der Waals surface area contributed by atoms with Crippen LogP contribution in [0.4, 0.5) is 3.89 Å². The lowest BCUT2D eigenvalue weighted by molar-refractivity contribution is -0.0155. The monoisotopic (exact) mass is 332 g/mol. The fraction of sp³-hybridized carbons (Fsp3) is 0.538. The number of aromatic nitrogens is 1. The first-order valence-electron chi connectivity index (χ1n) is 6.76. The second kappa shape index (κ2) is 6.57. The molecular formula is C13H17FN2O5S. The van der Waals surface area contributed by atoms with Gasteiger partial charge in [0, 0.05) is 12.7 Å². The number of pyridine rings is 1. The van der Waals surface area contributed by atoms with Crippen molar-refractivity contribution in [2.45, 2.75) is 19.9 Å². The topological polar surface area (TPSA) is 85.8 Å². The number of hydrogen-bond donors (Lipinski definition) is 0. The summed E-state index contributed by atoms with van der Waals surface area (Å²) in [6, 6.07) is 1.06. The molecule has 1 aliphatic heterocycles. The van der Waals surface area contributed by atoms with E-state index in [-0.39, 0.29) is 29.2 Å². The van der Waals surface area contributed by atoms with Gasteiger partial charge in [-0.15, -0.1) is 0 Å². The van der Waals surface area contributed by atoms with Crippen LogP contribution in [0.15, 0.2) is 18.5 Å². The maximum Gasteiger partial charge on any atom is 0.488 e. The highest BCUT2D eigenvalue weighted by atomic mass is 32.3. The summed E-state index contributed by atoms with van der Waals surface area (Å²) in [4.78, 5) is 17.9. The first-order chi connectivity index (χ1) is 10.3. The second-order valence-corrected chi connectivity index (χ2v) is 6.22. The Morgan fingerprint density at radius 3 is 2.86 bits per heavy atom. The van der Waals surface area contributed by atoms with Gasteiger partial charge in [-0.1, -0.05) is 17.7 Å². The molecule has 2 rings (SSSR count). The van der Waals surface area contributed by atoms with Gasteiger partial charge in [0.15, 0.2) is 5.75 Å². The molecule has 0 saturated carbocycles. The van der Waals surface area contributed by atoms with Crippen molar-refractivity contribution < 1.29 is 26.0 Å². The van der Waals surface area contributed by atoms with Gasteiger partial charge in [0.05, 0.1) is 31.0 Å². The Labute approximate surface area is 128 Å². The Hall–Kier alpha value is -1.74. The van der Waals surface area contributed by atoms with Crippen molar-refractivity contribution in [3.63, 3.8) is 0 Å². The zero-order valence-corrected chi connectivity index (χ0v) is 13.0. The number of carbonyl (C=O) groups is 1. The molecule has 0 radical (unpaired) electrons. The predicted octanol–water partition coefficient (Wildman–Crippen LogP) is 1.17. The van der Waals surface area contributed by atoms with Crippen LogP contribution < -0.4 is 4.18 Å². The van der Waals surface area contributed by atoms with E-state index < -0.39 is 10.5 Å². The van der Waals surface area contributed by atoms with Gasteiger partial charge in [-0.3, -0.25) is 9.78 Å². The van der Waals surface area contributed by atoms with Crippen LogP contribution in [0.1, 0.15) is 24.2 Å². The summed E-state index contributed by atoms with van der Waals surface area (Å²) >= 11 is 0. The van der Waals surface area contributed by atoms with E-state index in [1.54, 1.807) is 4.90 Å². The van der Waals surface area contributed by atoms with Gasteiger partial charge >= 0.3 is 10.5 Å². The molecular weight excluding hydrogens is 315 g/mol. The van der Waals surface area contributed by atoms with E-state index in [9.17, 15) is 17.1 Å². The Balaban J connectivity index is 2.23. The number of amides is 1. The Bertz CT molecular complexity index is 650. The maximum atomic E-state index is 12.6. The molecule has 0 aliphatic carbocycles. The maximum absolute atomic E-state index is 12.6. The lowest BCUT2D eigenvalue weighted by Gasteiger charge is -2.38. The fourth-order valence-electron chi connectivity index (χ4n) is 2.29. The largest absolute Gasteiger partial charge is 0.488 e. The van der Waals surface area contributed by atoms with E-state index in [1.165, 1.54) is 6.20 Å². The molecule has 122 valence electrons. The first kappa shape index (κ1) is 16.6. The molecule has 0 bridgehead atoms. The molecule has 9 heteroatoms. The van der Waals surface area contributed by atoms with E-state index in [0.29, 0.717) is 19.8 Å². The number of carbonyl (C=O) groups excluding carboxylic acids is 1. The second-order valence-electron chi connectivity index (χ2n) is 5.27. The zero-order valence-electron chi connectivity index (χ0n) is 12.2. The molecule has 1 amide bonds. The van der Waals surface area contributed by atoms with Crippen LogP contribution in [-0.4, -0.2) is 50.0 Å². The molecule has 1 atom stereocenters. The number of ether oxygens (including phenoxy) is 1.